The summed E-state index contributed by atoms with van der Waals surface area (Å²) in [5.41, 5.74) is 6.53. The first-order valence-corrected chi connectivity index (χ1v) is 8.10. The second-order valence-electron chi connectivity index (χ2n) is 5.73. The summed E-state index contributed by atoms with van der Waals surface area (Å²) in [6.45, 7) is 0. The van der Waals surface area contributed by atoms with Crippen LogP contribution >= 0.6 is 0 Å². The van der Waals surface area contributed by atoms with Crippen molar-refractivity contribution in [3.8, 4) is 0 Å². The second kappa shape index (κ2) is 5.89. The van der Waals surface area contributed by atoms with Crippen molar-refractivity contribution in [1.82, 2.24) is 34.9 Å². The number of nitrogens with zero attached hydrogens (tertiary/aromatic N) is 5. The first-order valence-electron chi connectivity index (χ1n) is 8.10. The van der Waals surface area contributed by atoms with Crippen LogP contribution in [0.25, 0.3) is 44.0 Å². The molecule has 0 radical (unpaired) electrons. The number of H-pyrrole nitrogens is 2. The maximum atomic E-state index is 4.30. The number of nitrogens with one attached hydrogen (secondary N) is 2. The van der Waals surface area contributed by atoms with Crippen molar-refractivity contribution >= 4 is 44.0 Å². The first-order chi connectivity index (χ1) is 12.9. The SMILES string of the molecule is c1cnc2c(c1)ccc1[nH]cnc12.c1nc2ccc3[nH]ccnc3c2n1. The highest BCUT2D eigenvalue weighted by molar-refractivity contribution is 6.01. The maximum Gasteiger partial charge on any atom is 0.118 e. The largest absolute Gasteiger partial charge is 0.358 e. The number of pyridine rings is 1. The van der Waals surface area contributed by atoms with E-state index < -0.39 is 0 Å². The predicted octanol–water partition coefficient (Wildman–Crippen LogP) is 3.62. The van der Waals surface area contributed by atoms with Gasteiger partial charge in [-0.3, -0.25) is 9.97 Å². The molecule has 7 heteroatoms. The van der Waals surface area contributed by atoms with Crippen LogP contribution in [0.3, 0.4) is 0 Å². The lowest BCUT2D eigenvalue weighted by molar-refractivity contribution is 1.29. The lowest BCUT2D eigenvalue weighted by Gasteiger charge is -1.95. The number of hydrogen-bond acceptors (Lipinski definition) is 5. The Labute approximate surface area is 147 Å². The lowest BCUT2D eigenvalue weighted by Crippen LogP contribution is -1.82. The molecule has 0 amide bonds. The van der Waals surface area contributed by atoms with Crippen LogP contribution in [-0.4, -0.2) is 34.9 Å². The molecule has 2 aromatic carbocycles. The molecular weight excluding hydrogens is 326 g/mol. The van der Waals surface area contributed by atoms with Crippen LogP contribution in [0.2, 0.25) is 0 Å². The van der Waals surface area contributed by atoms with Crippen LogP contribution in [0, 0.1) is 0 Å². The van der Waals surface area contributed by atoms with E-state index in [0.717, 1.165) is 44.0 Å². The minimum Gasteiger partial charge on any atom is -0.358 e. The van der Waals surface area contributed by atoms with Crippen LogP contribution in [0.5, 0.6) is 0 Å². The molecule has 124 valence electrons. The van der Waals surface area contributed by atoms with Crippen molar-refractivity contribution in [3.05, 3.63) is 67.6 Å². The van der Waals surface area contributed by atoms with Gasteiger partial charge in [-0.15, -0.1) is 0 Å². The van der Waals surface area contributed by atoms with Gasteiger partial charge < -0.3 is 9.97 Å². The molecule has 0 fully saturated rings. The van der Waals surface area contributed by atoms with Gasteiger partial charge >= 0.3 is 0 Å². The summed E-state index contributed by atoms with van der Waals surface area (Å²) in [5, 5.41) is 1.13. The molecule has 0 aliphatic carbocycles. The van der Waals surface area contributed by atoms with E-state index in [-0.39, 0.29) is 0 Å². The van der Waals surface area contributed by atoms with E-state index in [4.69, 9.17) is 0 Å². The number of fused-ring (bicyclic) bond motifs is 6. The molecule has 6 aromatic rings. The highest BCUT2D eigenvalue weighted by Crippen LogP contribution is 2.20. The van der Waals surface area contributed by atoms with E-state index in [1.54, 1.807) is 31.2 Å². The van der Waals surface area contributed by atoms with Crippen LogP contribution in [0.4, 0.5) is 0 Å². The molecule has 0 saturated heterocycles. The highest BCUT2D eigenvalue weighted by atomic mass is 14.9. The third-order valence-electron chi connectivity index (χ3n) is 4.19. The number of hydrogen-bond donors (Lipinski definition) is 2. The maximum absolute atomic E-state index is 4.30. The average Bonchev–Trinajstić information content (AvgIpc) is 3.38. The van der Waals surface area contributed by atoms with E-state index in [1.165, 1.54) is 0 Å². The Kier molecular flexibility index (Phi) is 3.28. The number of aromatic nitrogens is 7. The van der Waals surface area contributed by atoms with Gasteiger partial charge in [-0.25, -0.2) is 15.0 Å². The minimum atomic E-state index is 0.856. The van der Waals surface area contributed by atoms with Crippen molar-refractivity contribution in [2.24, 2.45) is 0 Å². The zero-order chi connectivity index (χ0) is 17.3. The van der Waals surface area contributed by atoms with Crippen molar-refractivity contribution < 1.29 is 0 Å². The summed E-state index contributed by atoms with van der Waals surface area (Å²) in [4.78, 5) is 27.2. The summed E-state index contributed by atoms with van der Waals surface area (Å²) in [6, 6.07) is 11.9. The van der Waals surface area contributed by atoms with E-state index >= 15 is 0 Å². The Morgan fingerprint density at radius 1 is 0.615 bits per heavy atom. The Morgan fingerprint density at radius 3 is 2.46 bits per heavy atom. The Balaban J connectivity index is 0.000000115. The molecule has 0 unspecified atom stereocenters. The number of imidazole rings is 2. The molecule has 0 saturated carbocycles. The monoisotopic (exact) mass is 339 g/mol. The topological polar surface area (TPSA) is 96.0 Å². The van der Waals surface area contributed by atoms with Gasteiger partial charge in [0.2, 0.25) is 0 Å². The van der Waals surface area contributed by atoms with Crippen molar-refractivity contribution in [2.75, 3.05) is 0 Å². The van der Waals surface area contributed by atoms with E-state index in [2.05, 4.69) is 34.9 Å². The summed E-state index contributed by atoms with van der Waals surface area (Å²) in [5.74, 6) is 0. The molecule has 26 heavy (non-hydrogen) atoms. The van der Waals surface area contributed by atoms with Gasteiger partial charge in [-0.05, 0) is 24.3 Å². The van der Waals surface area contributed by atoms with Crippen LogP contribution in [0.1, 0.15) is 0 Å². The summed E-state index contributed by atoms with van der Waals surface area (Å²) in [7, 11) is 0. The van der Waals surface area contributed by atoms with Gasteiger partial charge in [-0.1, -0.05) is 12.1 Å². The fourth-order valence-electron chi connectivity index (χ4n) is 2.98. The van der Waals surface area contributed by atoms with Crippen molar-refractivity contribution in [1.29, 1.82) is 0 Å². The van der Waals surface area contributed by atoms with Gasteiger partial charge in [0.15, 0.2) is 0 Å². The molecule has 6 rings (SSSR count). The zero-order valence-corrected chi connectivity index (χ0v) is 13.6. The summed E-state index contributed by atoms with van der Waals surface area (Å²) in [6.07, 6.45) is 8.55. The minimum absolute atomic E-state index is 0.856. The van der Waals surface area contributed by atoms with Crippen molar-refractivity contribution in [2.45, 2.75) is 0 Å². The van der Waals surface area contributed by atoms with E-state index in [0.29, 0.717) is 0 Å². The van der Waals surface area contributed by atoms with Crippen LogP contribution in [0.15, 0.2) is 67.6 Å². The highest BCUT2D eigenvalue weighted by Gasteiger charge is 2.03. The third-order valence-corrected chi connectivity index (χ3v) is 4.19. The molecular formula is C19H13N7. The Bertz CT molecular complexity index is 1240. The molecule has 0 aliphatic heterocycles. The lowest BCUT2D eigenvalue weighted by atomic mass is 10.2. The number of aromatic amines is 2. The molecule has 0 bridgehead atoms. The van der Waals surface area contributed by atoms with Crippen LogP contribution in [-0.2, 0) is 0 Å². The predicted molar refractivity (Wildman–Crippen MR) is 101 cm³/mol. The molecule has 0 spiro atoms. The number of rotatable bonds is 0. The van der Waals surface area contributed by atoms with Gasteiger partial charge in [-0.2, -0.15) is 0 Å². The van der Waals surface area contributed by atoms with E-state index in [9.17, 15) is 0 Å². The summed E-state index contributed by atoms with van der Waals surface area (Å²) >= 11 is 0. The third kappa shape index (κ3) is 2.34. The quantitative estimate of drug-likeness (QED) is 0.441. The second-order valence-corrected chi connectivity index (χ2v) is 5.73. The number of benzene rings is 2. The molecule has 4 aromatic heterocycles. The molecule has 0 aliphatic rings. The van der Waals surface area contributed by atoms with Gasteiger partial charge in [0.25, 0.3) is 0 Å². The molecule has 0 atom stereocenters. The van der Waals surface area contributed by atoms with Crippen LogP contribution < -0.4 is 0 Å². The fourth-order valence-corrected chi connectivity index (χ4v) is 2.98. The molecule has 4 heterocycles. The first kappa shape index (κ1) is 14.5. The van der Waals surface area contributed by atoms with Gasteiger partial charge in [0, 0.05) is 24.0 Å². The van der Waals surface area contributed by atoms with Gasteiger partial charge in [0.05, 0.1) is 28.4 Å². The summed E-state index contributed by atoms with van der Waals surface area (Å²) < 4.78 is 0. The van der Waals surface area contributed by atoms with Crippen molar-refractivity contribution in [3.63, 3.8) is 0 Å². The molecule has 7 nitrogen and oxygen atoms in total. The van der Waals surface area contributed by atoms with Gasteiger partial charge in [0.1, 0.15) is 22.9 Å². The van der Waals surface area contributed by atoms with E-state index in [1.807, 2.05) is 36.4 Å². The fraction of sp³-hybridized carbons (Fsp3) is 0. The standard InChI is InChI=1S/C10H7N3.C9H6N4/c1-2-7-3-4-8-10(13-6-12-8)9(7)11-5-1;1-2-7-9(13-5-12-7)8-6(1)10-3-4-11-8/h1-6H,(H,12,13);1-5,10H. The molecule has 2 N–H and O–H groups in total. The zero-order valence-electron chi connectivity index (χ0n) is 13.6. The Hall–Kier alpha value is -3.87. The Morgan fingerprint density at radius 2 is 1.46 bits per heavy atom. The normalized spacial score (nSPS) is 11.1. The average molecular weight is 339 g/mol. The smallest absolute Gasteiger partial charge is 0.118 e.